The minimum atomic E-state index is -0.437. The van der Waals surface area contributed by atoms with E-state index in [4.69, 9.17) is 4.74 Å². The average Bonchev–Trinajstić information content (AvgIpc) is 3.59. The Bertz CT molecular complexity index is 1480. The van der Waals surface area contributed by atoms with Gasteiger partial charge >= 0.3 is 4.87 Å². The molecular formula is C26H21FN2O5S2. The summed E-state index contributed by atoms with van der Waals surface area (Å²) in [5.41, 5.74) is 1.31. The van der Waals surface area contributed by atoms with Crippen LogP contribution in [0.1, 0.15) is 22.8 Å². The lowest BCUT2D eigenvalue weighted by Crippen LogP contribution is -2.42. The minimum absolute atomic E-state index is 0.00467. The highest BCUT2D eigenvalue weighted by Crippen LogP contribution is 2.68. The van der Waals surface area contributed by atoms with Crippen LogP contribution in [-0.4, -0.2) is 34.3 Å². The van der Waals surface area contributed by atoms with E-state index in [-0.39, 0.29) is 51.4 Å². The second kappa shape index (κ2) is 7.69. The number of thioether (sulfide) groups is 1. The third-order valence-electron chi connectivity index (χ3n) is 8.37. The van der Waals surface area contributed by atoms with Crippen LogP contribution in [0.2, 0.25) is 0 Å². The van der Waals surface area contributed by atoms with Crippen LogP contribution in [0, 0.1) is 35.4 Å². The number of thiazole rings is 1. The predicted octanol–water partition coefficient (Wildman–Crippen LogP) is 3.97. The van der Waals surface area contributed by atoms with Crippen molar-refractivity contribution in [3.63, 3.8) is 0 Å². The molecule has 0 spiro atoms. The predicted molar refractivity (Wildman–Crippen MR) is 132 cm³/mol. The number of nitrogens with zero attached hydrogens (tertiary/aromatic N) is 1. The lowest BCUT2D eigenvalue weighted by molar-refractivity contribution is -0.123. The largest absolute Gasteiger partial charge is 0.504 e. The molecule has 4 aliphatic rings. The summed E-state index contributed by atoms with van der Waals surface area (Å²) in [6.07, 6.45) is 0.775. The lowest BCUT2D eigenvalue weighted by Gasteiger charge is -2.43. The van der Waals surface area contributed by atoms with E-state index in [0.29, 0.717) is 11.4 Å². The highest BCUT2D eigenvalue weighted by Gasteiger charge is 2.69. The van der Waals surface area contributed by atoms with E-state index in [1.807, 2.05) is 6.07 Å². The second-order valence-corrected chi connectivity index (χ2v) is 12.1. The van der Waals surface area contributed by atoms with Crippen molar-refractivity contribution in [2.24, 2.45) is 29.6 Å². The number of amides is 2. The summed E-state index contributed by atoms with van der Waals surface area (Å²) in [5, 5.41) is 11.1. The number of ether oxygens (including phenoxy) is 1. The first-order valence-corrected chi connectivity index (χ1v) is 13.5. The molecule has 3 aromatic rings. The van der Waals surface area contributed by atoms with E-state index in [0.717, 1.165) is 21.9 Å². The van der Waals surface area contributed by atoms with E-state index in [2.05, 4.69) is 4.98 Å². The number of nitrogens with one attached hydrogen (secondary N) is 1. The number of carbonyl (C=O) groups is 2. The smallest absolute Gasteiger partial charge is 0.305 e. The normalized spacial score (nSPS) is 31.9. The summed E-state index contributed by atoms with van der Waals surface area (Å²) in [5.74, 6) is -1.48. The zero-order valence-corrected chi connectivity index (χ0v) is 20.6. The zero-order valence-electron chi connectivity index (χ0n) is 19.0. The van der Waals surface area contributed by atoms with Crippen molar-refractivity contribution in [1.29, 1.82) is 0 Å². The number of aromatic nitrogens is 1. The Morgan fingerprint density at radius 2 is 1.78 bits per heavy atom. The molecule has 2 N–H and O–H groups in total. The number of phenols is 1. The standard InChI is InChI=1S/C26H21FN2O5S2/c1-34-16-8-10(2-7-15(16)30)17-18-13-9-14(21(18)35-23-22(17)36-26(33)28-23)20-19(13)24(31)29(25(20)32)12-5-3-11(27)4-6-12/h2-8,13-14,17-21,30H,9H2,1H3,(H,28,33)/t13-,14+,17-,18+,19+,20+,21+/m0/s1. The van der Waals surface area contributed by atoms with Gasteiger partial charge in [-0.1, -0.05) is 17.4 Å². The van der Waals surface area contributed by atoms with Crippen LogP contribution in [0.3, 0.4) is 0 Å². The Morgan fingerprint density at radius 3 is 2.50 bits per heavy atom. The van der Waals surface area contributed by atoms with E-state index in [1.54, 1.807) is 23.9 Å². The van der Waals surface area contributed by atoms with Crippen LogP contribution in [0.5, 0.6) is 11.5 Å². The van der Waals surface area contributed by atoms with Crippen molar-refractivity contribution in [2.45, 2.75) is 22.6 Å². The molecule has 0 unspecified atom stereocenters. The number of carbonyl (C=O) groups excluding carboxylic acids is 2. The number of H-pyrrole nitrogens is 1. The molecule has 2 amide bonds. The summed E-state index contributed by atoms with van der Waals surface area (Å²) in [6, 6.07) is 10.7. The Kier molecular flexibility index (Phi) is 4.73. The van der Waals surface area contributed by atoms with Crippen LogP contribution >= 0.6 is 23.1 Å². The van der Waals surface area contributed by atoms with Crippen LogP contribution < -0.4 is 14.5 Å². The van der Waals surface area contributed by atoms with Gasteiger partial charge in [0.15, 0.2) is 11.5 Å². The number of phenolic OH excluding ortho intramolecular Hbond substituents is 1. The molecule has 2 aliphatic heterocycles. The summed E-state index contributed by atoms with van der Waals surface area (Å²) < 4.78 is 18.9. The first-order chi connectivity index (χ1) is 17.4. The quantitative estimate of drug-likeness (QED) is 0.503. The average molecular weight is 525 g/mol. The van der Waals surface area contributed by atoms with Gasteiger partial charge in [-0.05, 0) is 66.1 Å². The number of anilines is 1. The SMILES string of the molecule is COc1cc([C@@H]2c3sc(=O)[nH]c3S[C@@H]3[C@@H]4C[C@H]([C@H]5C(=O)N(c6ccc(F)cc6)C(=O)[C@H]45)[C@H]23)ccc1O. The maximum Gasteiger partial charge on any atom is 0.305 e. The van der Waals surface area contributed by atoms with Crippen LogP contribution in [0.4, 0.5) is 10.1 Å². The van der Waals surface area contributed by atoms with E-state index in [9.17, 15) is 23.9 Å². The fraction of sp³-hybridized carbons (Fsp3) is 0.346. The number of hydrogen-bond acceptors (Lipinski definition) is 7. The Morgan fingerprint density at radius 1 is 1.06 bits per heavy atom. The number of fused-ring (bicyclic) bond motifs is 9. The van der Waals surface area contributed by atoms with Crippen molar-refractivity contribution in [3.05, 3.63) is 68.4 Å². The number of aromatic amines is 1. The molecule has 2 aromatic carbocycles. The number of hydrogen-bond donors (Lipinski definition) is 2. The van der Waals surface area contributed by atoms with Gasteiger partial charge in [0.1, 0.15) is 5.82 Å². The highest BCUT2D eigenvalue weighted by molar-refractivity contribution is 8.00. The van der Waals surface area contributed by atoms with Crippen LogP contribution in [-0.2, 0) is 9.59 Å². The van der Waals surface area contributed by atoms with Crippen LogP contribution in [0.15, 0.2) is 52.3 Å². The fourth-order valence-corrected chi connectivity index (χ4v) is 10.0. The molecule has 3 heterocycles. The molecule has 184 valence electrons. The van der Waals surface area contributed by atoms with Gasteiger partial charge in [-0.3, -0.25) is 19.3 Å². The van der Waals surface area contributed by atoms with Gasteiger partial charge in [-0.15, -0.1) is 11.8 Å². The van der Waals surface area contributed by atoms with Crippen molar-refractivity contribution in [1.82, 2.24) is 4.98 Å². The van der Waals surface area contributed by atoms with E-state index < -0.39 is 17.7 Å². The Balaban J connectivity index is 1.33. The van der Waals surface area contributed by atoms with Crippen molar-refractivity contribution < 1.29 is 23.8 Å². The maximum absolute atomic E-state index is 13.7. The number of methoxy groups -OCH3 is 1. The third-order valence-corrected chi connectivity index (χ3v) is 11.0. The molecule has 36 heavy (non-hydrogen) atoms. The molecular weight excluding hydrogens is 503 g/mol. The van der Waals surface area contributed by atoms with Gasteiger partial charge < -0.3 is 14.8 Å². The van der Waals surface area contributed by atoms with Gasteiger partial charge in [0, 0.05) is 16.0 Å². The molecule has 3 fully saturated rings. The number of imide groups is 1. The molecule has 10 heteroatoms. The van der Waals surface area contributed by atoms with E-state index in [1.165, 1.54) is 47.6 Å². The van der Waals surface area contributed by atoms with Gasteiger partial charge in [0.2, 0.25) is 11.8 Å². The first-order valence-electron chi connectivity index (χ1n) is 11.8. The highest BCUT2D eigenvalue weighted by atomic mass is 32.2. The Labute approximate surface area is 213 Å². The third kappa shape index (κ3) is 2.88. The first kappa shape index (κ1) is 22.1. The number of halogens is 1. The van der Waals surface area contributed by atoms with Crippen LogP contribution in [0.25, 0.3) is 0 Å². The summed E-state index contributed by atoms with van der Waals surface area (Å²) in [7, 11) is 1.49. The molecule has 1 saturated heterocycles. The molecule has 2 aliphatic carbocycles. The van der Waals surface area contributed by atoms with Crippen molar-refractivity contribution in [2.75, 3.05) is 12.0 Å². The number of benzene rings is 2. The van der Waals surface area contributed by atoms with E-state index >= 15 is 0 Å². The molecule has 7 nitrogen and oxygen atoms in total. The summed E-state index contributed by atoms with van der Waals surface area (Å²) >= 11 is 2.80. The topological polar surface area (TPSA) is 99.7 Å². The molecule has 7 atom stereocenters. The van der Waals surface area contributed by atoms with Gasteiger partial charge in [-0.2, -0.15) is 0 Å². The van der Waals surface area contributed by atoms with Gasteiger partial charge in [0.25, 0.3) is 0 Å². The summed E-state index contributed by atoms with van der Waals surface area (Å²) in [4.78, 5) is 44.6. The van der Waals surface area contributed by atoms with Gasteiger partial charge in [-0.25, -0.2) is 4.39 Å². The summed E-state index contributed by atoms with van der Waals surface area (Å²) in [6.45, 7) is 0. The molecule has 1 aromatic heterocycles. The minimum Gasteiger partial charge on any atom is -0.504 e. The molecule has 2 saturated carbocycles. The fourth-order valence-electron chi connectivity index (χ4n) is 7.12. The number of rotatable bonds is 3. The second-order valence-electron chi connectivity index (χ2n) is 9.88. The lowest BCUT2D eigenvalue weighted by atomic mass is 9.68. The molecule has 0 radical (unpaired) electrons. The van der Waals surface area contributed by atoms with Gasteiger partial charge in [0.05, 0.1) is 29.7 Å². The van der Waals surface area contributed by atoms with Crippen molar-refractivity contribution >= 4 is 40.6 Å². The zero-order chi connectivity index (χ0) is 24.9. The number of aromatic hydroxyl groups is 1. The molecule has 7 rings (SSSR count). The molecule has 2 bridgehead atoms. The monoisotopic (exact) mass is 524 g/mol. The van der Waals surface area contributed by atoms with Crippen molar-refractivity contribution in [3.8, 4) is 11.5 Å². The maximum atomic E-state index is 13.7. The Hall–Kier alpha value is -3.11.